The zero-order valence-electron chi connectivity index (χ0n) is 10.7. The van der Waals surface area contributed by atoms with Crippen LogP contribution >= 0.6 is 0 Å². The van der Waals surface area contributed by atoms with Crippen molar-refractivity contribution in [2.24, 2.45) is 5.92 Å². The molecule has 1 fully saturated rings. The maximum Gasteiger partial charge on any atom is 0.253 e. The molecular weight excluding hydrogens is 224 g/mol. The second-order valence-corrected chi connectivity index (χ2v) is 4.89. The number of benzene rings is 1. The molecule has 3 heteroatoms. The molecule has 1 saturated heterocycles. The van der Waals surface area contributed by atoms with Crippen LogP contribution in [-0.4, -0.2) is 23.9 Å². The first-order valence-electron chi connectivity index (χ1n) is 6.54. The van der Waals surface area contributed by atoms with E-state index in [1.165, 1.54) is 12.8 Å². The van der Waals surface area contributed by atoms with Gasteiger partial charge in [0, 0.05) is 18.7 Å². The van der Waals surface area contributed by atoms with E-state index in [-0.39, 0.29) is 5.91 Å². The highest BCUT2D eigenvalue weighted by Crippen LogP contribution is 2.22. The lowest BCUT2D eigenvalue weighted by molar-refractivity contribution is 0.0786. The van der Waals surface area contributed by atoms with Crippen LogP contribution in [0.3, 0.4) is 0 Å². The molecule has 0 N–H and O–H groups in total. The maximum absolute atomic E-state index is 12.3. The molecule has 1 amide bonds. The van der Waals surface area contributed by atoms with Crippen LogP contribution in [0.25, 0.3) is 0 Å². The van der Waals surface area contributed by atoms with Crippen molar-refractivity contribution >= 4 is 5.91 Å². The maximum atomic E-state index is 12.3. The van der Waals surface area contributed by atoms with Crippen LogP contribution in [0.2, 0.25) is 0 Å². The minimum atomic E-state index is 0.0608. The smallest absolute Gasteiger partial charge is 0.253 e. The lowest BCUT2D eigenvalue weighted by atomic mass is 10.0. The van der Waals surface area contributed by atoms with Crippen molar-refractivity contribution in [1.29, 1.82) is 5.26 Å². The van der Waals surface area contributed by atoms with Gasteiger partial charge in [-0.1, -0.05) is 19.4 Å². The van der Waals surface area contributed by atoms with Gasteiger partial charge in [0.15, 0.2) is 0 Å². The van der Waals surface area contributed by atoms with E-state index in [1.54, 1.807) is 24.3 Å². The van der Waals surface area contributed by atoms with Gasteiger partial charge in [-0.25, -0.2) is 0 Å². The number of carbonyl (C=O) groups excluding carboxylic acids is 1. The van der Waals surface area contributed by atoms with E-state index in [9.17, 15) is 4.79 Å². The van der Waals surface area contributed by atoms with Crippen molar-refractivity contribution in [3.8, 4) is 6.07 Å². The molecule has 2 rings (SSSR count). The largest absolute Gasteiger partial charge is 0.338 e. The Morgan fingerprint density at radius 2 is 2.39 bits per heavy atom. The minimum Gasteiger partial charge on any atom is -0.338 e. The lowest BCUT2D eigenvalue weighted by Crippen LogP contribution is -2.28. The van der Waals surface area contributed by atoms with Gasteiger partial charge in [-0.05, 0) is 37.0 Å². The van der Waals surface area contributed by atoms with Crippen molar-refractivity contribution in [3.63, 3.8) is 0 Å². The predicted octanol–water partition coefficient (Wildman–Crippen LogP) is 2.82. The van der Waals surface area contributed by atoms with Gasteiger partial charge in [0.2, 0.25) is 0 Å². The van der Waals surface area contributed by atoms with E-state index < -0.39 is 0 Å². The van der Waals surface area contributed by atoms with Gasteiger partial charge in [-0.2, -0.15) is 5.26 Å². The Kier molecular flexibility index (Phi) is 3.99. The number of carbonyl (C=O) groups is 1. The molecule has 0 aliphatic carbocycles. The SMILES string of the molecule is CCCC1CCN(C(=O)c2cccc(C#N)c2)C1. The summed E-state index contributed by atoms with van der Waals surface area (Å²) in [5, 5.41) is 8.85. The number of hydrogen-bond donors (Lipinski definition) is 0. The quantitative estimate of drug-likeness (QED) is 0.818. The number of likely N-dealkylation sites (tertiary alicyclic amines) is 1. The molecule has 1 aromatic rings. The summed E-state index contributed by atoms with van der Waals surface area (Å²) in [5.41, 5.74) is 1.18. The van der Waals surface area contributed by atoms with E-state index in [0.29, 0.717) is 17.0 Å². The number of hydrogen-bond acceptors (Lipinski definition) is 2. The van der Waals surface area contributed by atoms with Crippen LogP contribution in [-0.2, 0) is 0 Å². The number of nitriles is 1. The molecule has 0 aromatic heterocycles. The van der Waals surface area contributed by atoms with Crippen LogP contribution in [0, 0.1) is 17.2 Å². The number of nitrogens with zero attached hydrogens (tertiary/aromatic N) is 2. The zero-order valence-corrected chi connectivity index (χ0v) is 10.7. The molecule has 0 saturated carbocycles. The first-order valence-corrected chi connectivity index (χ1v) is 6.54. The number of rotatable bonds is 3. The normalized spacial score (nSPS) is 18.7. The van der Waals surface area contributed by atoms with Gasteiger partial charge in [-0.15, -0.1) is 0 Å². The molecule has 1 aliphatic heterocycles. The van der Waals surface area contributed by atoms with Crippen LogP contribution in [0.1, 0.15) is 42.1 Å². The lowest BCUT2D eigenvalue weighted by Gasteiger charge is -2.16. The average molecular weight is 242 g/mol. The van der Waals surface area contributed by atoms with Gasteiger partial charge in [0.1, 0.15) is 0 Å². The van der Waals surface area contributed by atoms with E-state index in [4.69, 9.17) is 5.26 Å². The Balaban J connectivity index is 2.06. The molecule has 1 aliphatic rings. The van der Waals surface area contributed by atoms with Crippen molar-refractivity contribution < 1.29 is 4.79 Å². The topological polar surface area (TPSA) is 44.1 Å². The highest BCUT2D eigenvalue weighted by molar-refractivity contribution is 5.94. The molecule has 1 atom stereocenters. The van der Waals surface area contributed by atoms with Crippen molar-refractivity contribution in [2.45, 2.75) is 26.2 Å². The van der Waals surface area contributed by atoms with E-state index in [2.05, 4.69) is 13.0 Å². The highest BCUT2D eigenvalue weighted by atomic mass is 16.2. The summed E-state index contributed by atoms with van der Waals surface area (Å²) in [7, 11) is 0. The van der Waals surface area contributed by atoms with E-state index in [0.717, 1.165) is 19.5 Å². The van der Waals surface area contributed by atoms with E-state index >= 15 is 0 Å². The van der Waals surface area contributed by atoms with Crippen molar-refractivity contribution in [2.75, 3.05) is 13.1 Å². The summed E-state index contributed by atoms with van der Waals surface area (Å²) < 4.78 is 0. The second kappa shape index (κ2) is 5.68. The molecule has 0 spiro atoms. The molecule has 1 unspecified atom stereocenters. The van der Waals surface area contributed by atoms with Crippen molar-refractivity contribution in [1.82, 2.24) is 4.90 Å². The molecule has 0 radical (unpaired) electrons. The third-order valence-corrected chi connectivity index (χ3v) is 3.51. The second-order valence-electron chi connectivity index (χ2n) is 4.89. The summed E-state index contributed by atoms with van der Waals surface area (Å²) in [4.78, 5) is 14.2. The third-order valence-electron chi connectivity index (χ3n) is 3.51. The Bertz CT molecular complexity index is 476. The van der Waals surface area contributed by atoms with Gasteiger partial charge >= 0.3 is 0 Å². The molecule has 94 valence electrons. The zero-order chi connectivity index (χ0) is 13.0. The first kappa shape index (κ1) is 12.6. The van der Waals surface area contributed by atoms with Crippen molar-refractivity contribution in [3.05, 3.63) is 35.4 Å². The van der Waals surface area contributed by atoms with Gasteiger partial charge < -0.3 is 4.90 Å². The van der Waals surface area contributed by atoms with Crippen LogP contribution < -0.4 is 0 Å². The molecule has 18 heavy (non-hydrogen) atoms. The summed E-state index contributed by atoms with van der Waals surface area (Å²) in [6, 6.07) is 9.03. The molecule has 1 aromatic carbocycles. The van der Waals surface area contributed by atoms with Gasteiger partial charge in [0.05, 0.1) is 11.6 Å². The molecule has 3 nitrogen and oxygen atoms in total. The Hall–Kier alpha value is -1.82. The average Bonchev–Trinajstić information content (AvgIpc) is 2.87. The fourth-order valence-corrected chi connectivity index (χ4v) is 2.57. The van der Waals surface area contributed by atoms with Crippen LogP contribution in [0.5, 0.6) is 0 Å². The predicted molar refractivity (Wildman–Crippen MR) is 70.1 cm³/mol. The summed E-state index contributed by atoms with van der Waals surface area (Å²) in [6.07, 6.45) is 3.48. The van der Waals surface area contributed by atoms with Crippen LogP contribution in [0.15, 0.2) is 24.3 Å². The molecule has 1 heterocycles. The summed E-state index contributed by atoms with van der Waals surface area (Å²) >= 11 is 0. The third kappa shape index (κ3) is 2.70. The minimum absolute atomic E-state index is 0.0608. The standard InChI is InChI=1S/C15H18N2O/c1-2-4-12-7-8-17(11-12)15(18)14-6-3-5-13(9-14)10-16/h3,5-6,9,12H,2,4,7-8,11H2,1H3. The Morgan fingerprint density at radius 3 is 3.11 bits per heavy atom. The fraction of sp³-hybridized carbons (Fsp3) is 0.467. The first-order chi connectivity index (χ1) is 8.74. The van der Waals surface area contributed by atoms with Crippen LogP contribution in [0.4, 0.5) is 0 Å². The molecule has 0 bridgehead atoms. The van der Waals surface area contributed by atoms with E-state index in [1.807, 2.05) is 4.90 Å². The fourth-order valence-electron chi connectivity index (χ4n) is 2.57. The molecular formula is C15H18N2O. The van der Waals surface area contributed by atoms with Gasteiger partial charge in [0.25, 0.3) is 5.91 Å². The number of amides is 1. The summed E-state index contributed by atoms with van der Waals surface area (Å²) in [5.74, 6) is 0.712. The summed E-state index contributed by atoms with van der Waals surface area (Å²) in [6.45, 7) is 3.89. The Morgan fingerprint density at radius 1 is 1.56 bits per heavy atom. The Labute approximate surface area is 108 Å². The monoisotopic (exact) mass is 242 g/mol. The van der Waals surface area contributed by atoms with Gasteiger partial charge in [-0.3, -0.25) is 4.79 Å². The highest BCUT2D eigenvalue weighted by Gasteiger charge is 2.26.